The first-order valence-corrected chi connectivity index (χ1v) is 9.65. The predicted octanol–water partition coefficient (Wildman–Crippen LogP) is 1.12. The van der Waals surface area contributed by atoms with E-state index in [1.54, 1.807) is 0 Å². The van der Waals surface area contributed by atoms with E-state index in [4.69, 9.17) is 0 Å². The third-order valence-electron chi connectivity index (χ3n) is 5.44. The Morgan fingerprint density at radius 2 is 2.00 bits per heavy atom. The minimum atomic E-state index is -1.07. The second-order valence-corrected chi connectivity index (χ2v) is 7.46. The van der Waals surface area contributed by atoms with Crippen LogP contribution in [0, 0.1) is 0 Å². The molecule has 1 saturated heterocycles. The van der Waals surface area contributed by atoms with Crippen LogP contribution in [0.1, 0.15) is 27.1 Å². The second-order valence-electron chi connectivity index (χ2n) is 7.46. The Bertz CT molecular complexity index is 998. The molecule has 2 aromatic rings. The number of hydrogen-bond donors (Lipinski definition) is 3. The standard InChI is InChI=1S/C20H23N5O4/c1-24-7-9-25(10-8-24)6-2-5-21-18-16-15(17(26)19(27)23-16)13-4-3-12(20(28)29)11-14(13)22-18/h3-4,11H,2,5-10H2,1H3,(H,21,22)(H,28,29)(H,23,26,27). The smallest absolute Gasteiger partial charge is 0.335 e. The maximum absolute atomic E-state index is 12.3. The van der Waals surface area contributed by atoms with Crippen molar-refractivity contribution in [2.24, 2.45) is 0 Å². The van der Waals surface area contributed by atoms with Crippen LogP contribution < -0.4 is 10.6 Å². The highest BCUT2D eigenvalue weighted by Gasteiger charge is 2.33. The summed E-state index contributed by atoms with van der Waals surface area (Å²) < 4.78 is 0. The van der Waals surface area contributed by atoms with Gasteiger partial charge < -0.3 is 25.5 Å². The Labute approximate surface area is 167 Å². The van der Waals surface area contributed by atoms with Gasteiger partial charge in [-0.2, -0.15) is 0 Å². The number of rotatable bonds is 6. The van der Waals surface area contributed by atoms with Gasteiger partial charge in [-0.15, -0.1) is 0 Å². The number of ketones is 1. The van der Waals surface area contributed by atoms with Gasteiger partial charge in [0, 0.05) is 38.1 Å². The summed E-state index contributed by atoms with van der Waals surface area (Å²) in [6, 6.07) is 4.36. The molecular weight excluding hydrogens is 374 g/mol. The van der Waals surface area contributed by atoms with Gasteiger partial charge in [-0.3, -0.25) is 9.59 Å². The summed E-state index contributed by atoms with van der Waals surface area (Å²) in [6.07, 6.45) is 0.884. The number of likely N-dealkylation sites (N-methyl/N-ethyl adjacent to an activating group) is 1. The van der Waals surface area contributed by atoms with E-state index < -0.39 is 17.7 Å². The average molecular weight is 397 g/mol. The highest BCUT2D eigenvalue weighted by molar-refractivity contribution is 6.54. The van der Waals surface area contributed by atoms with Crippen LogP contribution in [0.3, 0.4) is 0 Å². The number of amides is 1. The Hall–Kier alpha value is -3.04. The largest absolute Gasteiger partial charge is 0.478 e. The molecule has 4 rings (SSSR count). The number of aromatic carboxylic acids is 1. The SMILES string of the molecule is CN1CCN(CCCNc2nc3cc(C(=O)O)ccc3c3c2NC(=O)C3=O)CC1. The molecule has 9 heteroatoms. The lowest BCUT2D eigenvalue weighted by Gasteiger charge is -2.32. The molecule has 0 unspecified atom stereocenters. The third-order valence-corrected chi connectivity index (χ3v) is 5.44. The van der Waals surface area contributed by atoms with Crippen LogP contribution in [0.5, 0.6) is 0 Å². The number of nitrogens with one attached hydrogen (secondary N) is 2. The average Bonchev–Trinajstić information content (AvgIpc) is 3.01. The van der Waals surface area contributed by atoms with Gasteiger partial charge >= 0.3 is 5.97 Å². The second kappa shape index (κ2) is 7.76. The van der Waals surface area contributed by atoms with Crippen LogP contribution >= 0.6 is 0 Å². The molecule has 9 nitrogen and oxygen atoms in total. The predicted molar refractivity (Wildman–Crippen MR) is 109 cm³/mol. The molecule has 29 heavy (non-hydrogen) atoms. The van der Waals surface area contributed by atoms with Gasteiger partial charge in [0.2, 0.25) is 0 Å². The molecule has 0 radical (unpaired) electrons. The molecule has 0 aliphatic carbocycles. The van der Waals surface area contributed by atoms with Gasteiger partial charge in [-0.1, -0.05) is 6.07 Å². The van der Waals surface area contributed by atoms with Crippen LogP contribution in [-0.2, 0) is 4.79 Å². The molecule has 2 aliphatic heterocycles. The van der Waals surface area contributed by atoms with Crippen molar-refractivity contribution in [2.75, 3.05) is 56.9 Å². The first-order chi connectivity index (χ1) is 13.9. The number of hydrogen-bond acceptors (Lipinski definition) is 7. The minimum absolute atomic E-state index is 0.0794. The molecule has 0 atom stereocenters. The van der Waals surface area contributed by atoms with E-state index in [2.05, 4.69) is 32.5 Å². The van der Waals surface area contributed by atoms with E-state index in [-0.39, 0.29) is 11.1 Å². The number of carbonyl (C=O) groups excluding carboxylic acids is 2. The zero-order chi connectivity index (χ0) is 20.5. The Morgan fingerprint density at radius 3 is 2.72 bits per heavy atom. The quantitative estimate of drug-likeness (QED) is 0.491. The molecule has 3 N–H and O–H groups in total. The third kappa shape index (κ3) is 3.79. The minimum Gasteiger partial charge on any atom is -0.478 e. The Morgan fingerprint density at radius 1 is 1.24 bits per heavy atom. The van der Waals surface area contributed by atoms with Gasteiger partial charge in [-0.25, -0.2) is 9.78 Å². The number of Topliss-reactive ketones (excluding diaryl/α,β-unsaturated/α-hetero) is 1. The number of pyridine rings is 1. The number of carboxylic acid groups (broad SMARTS) is 1. The molecule has 1 aromatic heterocycles. The summed E-state index contributed by atoms with van der Waals surface area (Å²) in [5.74, 6) is -2.00. The maximum Gasteiger partial charge on any atom is 0.335 e. The maximum atomic E-state index is 12.3. The van der Waals surface area contributed by atoms with Crippen molar-refractivity contribution in [1.82, 2.24) is 14.8 Å². The molecule has 152 valence electrons. The van der Waals surface area contributed by atoms with Crippen LogP contribution in [0.15, 0.2) is 18.2 Å². The lowest BCUT2D eigenvalue weighted by atomic mass is 10.0. The van der Waals surface area contributed by atoms with Crippen molar-refractivity contribution in [2.45, 2.75) is 6.42 Å². The van der Waals surface area contributed by atoms with Crippen molar-refractivity contribution < 1.29 is 19.5 Å². The molecule has 2 aliphatic rings. The number of carbonyl (C=O) groups is 3. The first kappa shape index (κ1) is 19.3. The lowest BCUT2D eigenvalue weighted by Crippen LogP contribution is -2.44. The molecule has 3 heterocycles. The van der Waals surface area contributed by atoms with Crippen molar-refractivity contribution in [3.05, 3.63) is 29.3 Å². The van der Waals surface area contributed by atoms with E-state index >= 15 is 0 Å². The van der Waals surface area contributed by atoms with Crippen LogP contribution in [-0.4, -0.2) is 83.9 Å². The fourth-order valence-electron chi connectivity index (χ4n) is 3.75. The van der Waals surface area contributed by atoms with Crippen LogP contribution in [0.25, 0.3) is 10.9 Å². The highest BCUT2D eigenvalue weighted by Crippen LogP contribution is 2.36. The van der Waals surface area contributed by atoms with Crippen LogP contribution in [0.4, 0.5) is 11.5 Å². The number of piperazine rings is 1. The number of benzene rings is 1. The molecule has 0 saturated carbocycles. The fraction of sp³-hybridized carbons (Fsp3) is 0.400. The molecule has 0 bridgehead atoms. The lowest BCUT2D eigenvalue weighted by molar-refractivity contribution is -0.112. The zero-order valence-corrected chi connectivity index (χ0v) is 16.2. The summed E-state index contributed by atoms with van der Waals surface area (Å²) in [4.78, 5) is 44.8. The summed E-state index contributed by atoms with van der Waals surface area (Å²) in [6.45, 7) is 5.79. The van der Waals surface area contributed by atoms with E-state index in [0.717, 1.165) is 39.1 Å². The van der Waals surface area contributed by atoms with Crippen LogP contribution in [0.2, 0.25) is 0 Å². The van der Waals surface area contributed by atoms with Crippen molar-refractivity contribution in [1.29, 1.82) is 0 Å². The van der Waals surface area contributed by atoms with E-state index in [9.17, 15) is 19.5 Å². The van der Waals surface area contributed by atoms with Crippen molar-refractivity contribution >= 4 is 40.1 Å². The Balaban J connectivity index is 1.54. The van der Waals surface area contributed by atoms with E-state index in [1.807, 2.05) is 0 Å². The summed E-state index contributed by atoms with van der Waals surface area (Å²) in [5, 5.41) is 15.5. The monoisotopic (exact) mass is 397 g/mol. The van der Waals surface area contributed by atoms with Crippen molar-refractivity contribution in [3.63, 3.8) is 0 Å². The number of carboxylic acids is 1. The van der Waals surface area contributed by atoms with Gasteiger partial charge in [0.25, 0.3) is 11.7 Å². The van der Waals surface area contributed by atoms with Gasteiger partial charge in [0.15, 0.2) is 5.82 Å². The fourth-order valence-corrected chi connectivity index (χ4v) is 3.75. The molecule has 1 aromatic carbocycles. The van der Waals surface area contributed by atoms with E-state index in [1.165, 1.54) is 18.2 Å². The topological polar surface area (TPSA) is 115 Å². The Kier molecular flexibility index (Phi) is 5.16. The van der Waals surface area contributed by atoms with Crippen molar-refractivity contribution in [3.8, 4) is 0 Å². The number of nitrogens with zero attached hydrogens (tertiary/aromatic N) is 3. The molecule has 1 fully saturated rings. The zero-order valence-electron chi connectivity index (χ0n) is 16.2. The molecule has 0 spiro atoms. The molecule has 1 amide bonds. The number of aromatic nitrogens is 1. The normalized spacial score (nSPS) is 17.4. The summed E-state index contributed by atoms with van der Waals surface area (Å²) in [7, 11) is 2.12. The molecular formula is C20H23N5O4. The first-order valence-electron chi connectivity index (χ1n) is 9.65. The van der Waals surface area contributed by atoms with Gasteiger partial charge in [0.1, 0.15) is 0 Å². The number of anilines is 2. The van der Waals surface area contributed by atoms with Gasteiger partial charge in [0.05, 0.1) is 22.3 Å². The summed E-state index contributed by atoms with van der Waals surface area (Å²) >= 11 is 0. The highest BCUT2D eigenvalue weighted by atomic mass is 16.4. The van der Waals surface area contributed by atoms with E-state index in [0.29, 0.717) is 29.0 Å². The summed E-state index contributed by atoms with van der Waals surface area (Å²) in [5.41, 5.74) is 1.07. The number of fused-ring (bicyclic) bond motifs is 3. The van der Waals surface area contributed by atoms with Gasteiger partial charge in [-0.05, 0) is 32.1 Å².